The summed E-state index contributed by atoms with van der Waals surface area (Å²) in [6, 6.07) is 4.01. The van der Waals surface area contributed by atoms with Crippen LogP contribution in [-0.2, 0) is 0 Å². The minimum absolute atomic E-state index is 0. The maximum Gasteiger partial charge on any atom is 0.0115 e. The molecule has 0 fully saturated rings. The van der Waals surface area contributed by atoms with Gasteiger partial charge in [0, 0.05) is 11.9 Å². The predicted molar refractivity (Wildman–Crippen MR) is 39.0 cm³/mol. The van der Waals surface area contributed by atoms with E-state index < -0.39 is 0 Å². The molecule has 0 atom stereocenters. The van der Waals surface area contributed by atoms with Gasteiger partial charge in [0.2, 0.25) is 0 Å². The Morgan fingerprint density at radius 3 is 2.12 bits per heavy atom. The van der Waals surface area contributed by atoms with Crippen LogP contribution in [0.15, 0.2) is 18.3 Å². The molecule has 0 unspecified atom stereocenters. The van der Waals surface area contributed by atoms with E-state index in [-0.39, 0.29) is 14.9 Å². The molecule has 1 rings (SSSR count). The van der Waals surface area contributed by atoms with Crippen LogP contribution in [0.4, 0.5) is 0 Å². The molecule has 0 aromatic carbocycles. The zero-order valence-corrected chi connectivity index (χ0v) is 3.73. The number of rotatable bonds is 0. The van der Waals surface area contributed by atoms with Crippen molar-refractivity contribution in [3.63, 3.8) is 0 Å². The van der Waals surface area contributed by atoms with Crippen LogP contribution in [0, 0.1) is 6.92 Å². The number of hydrogen-bond acceptors (Lipinski definition) is 0. The Morgan fingerprint density at radius 2 is 2.00 bits per heavy atom. The predicted octanol–water partition coefficient (Wildman–Crippen LogP) is 2.60. The summed E-state index contributed by atoms with van der Waals surface area (Å²) in [6.45, 7) is 2.03. The van der Waals surface area contributed by atoms with Crippen molar-refractivity contribution in [1.29, 1.82) is 0 Å². The summed E-state index contributed by atoms with van der Waals surface area (Å²) < 4.78 is 0. The molecule has 0 amide bonds. The molecule has 1 heteroatoms. The second-order valence-corrected chi connectivity index (χ2v) is 1.35. The SMILES string of the molecule is C.C.Cc1ccc[nH]1. The van der Waals surface area contributed by atoms with Crippen LogP contribution in [0.25, 0.3) is 0 Å². The van der Waals surface area contributed by atoms with E-state index in [2.05, 4.69) is 4.98 Å². The summed E-state index contributed by atoms with van der Waals surface area (Å²) in [5, 5.41) is 0. The highest BCUT2D eigenvalue weighted by atomic mass is 14.7. The molecule has 0 radical (unpaired) electrons. The van der Waals surface area contributed by atoms with Crippen LogP contribution < -0.4 is 0 Å². The van der Waals surface area contributed by atoms with Gasteiger partial charge in [-0.05, 0) is 19.1 Å². The van der Waals surface area contributed by atoms with E-state index in [1.165, 1.54) is 5.69 Å². The third kappa shape index (κ3) is 2.45. The summed E-state index contributed by atoms with van der Waals surface area (Å²) in [5.74, 6) is 0. The zero-order valence-electron chi connectivity index (χ0n) is 3.73. The molecule has 0 bridgehead atoms. The van der Waals surface area contributed by atoms with Gasteiger partial charge in [0.05, 0.1) is 0 Å². The molecule has 0 aliphatic carbocycles. The summed E-state index contributed by atoms with van der Waals surface area (Å²) in [7, 11) is 0. The monoisotopic (exact) mass is 113 g/mol. The summed E-state index contributed by atoms with van der Waals surface area (Å²) in [6.07, 6.45) is 1.91. The molecule has 1 N–H and O–H groups in total. The first-order chi connectivity index (χ1) is 2.89. The molecule has 0 saturated carbocycles. The second kappa shape index (κ2) is 4.44. The Hall–Kier alpha value is -0.720. The van der Waals surface area contributed by atoms with Gasteiger partial charge in [-0.2, -0.15) is 0 Å². The lowest BCUT2D eigenvalue weighted by atomic mass is 10.5. The van der Waals surface area contributed by atoms with E-state index in [4.69, 9.17) is 0 Å². The fourth-order valence-electron chi connectivity index (χ4n) is 0.420. The highest BCUT2D eigenvalue weighted by Gasteiger charge is 1.72. The summed E-state index contributed by atoms with van der Waals surface area (Å²) in [5.41, 5.74) is 1.22. The van der Waals surface area contributed by atoms with Gasteiger partial charge in [0.25, 0.3) is 0 Å². The third-order valence-electron chi connectivity index (χ3n) is 0.753. The number of aryl methyl sites for hydroxylation is 1. The van der Waals surface area contributed by atoms with Crippen molar-refractivity contribution in [2.24, 2.45) is 0 Å². The van der Waals surface area contributed by atoms with Gasteiger partial charge in [-0.15, -0.1) is 0 Å². The highest BCUT2D eigenvalue weighted by molar-refractivity contribution is 4.99. The summed E-state index contributed by atoms with van der Waals surface area (Å²) >= 11 is 0. The van der Waals surface area contributed by atoms with E-state index in [0.717, 1.165) is 0 Å². The Balaban J connectivity index is 0. The topological polar surface area (TPSA) is 15.8 Å². The van der Waals surface area contributed by atoms with Crippen molar-refractivity contribution in [3.8, 4) is 0 Å². The van der Waals surface area contributed by atoms with Gasteiger partial charge >= 0.3 is 0 Å². The van der Waals surface area contributed by atoms with Crippen molar-refractivity contribution in [1.82, 2.24) is 4.98 Å². The molecule has 0 aliphatic heterocycles. The molecule has 1 heterocycles. The second-order valence-electron chi connectivity index (χ2n) is 1.35. The van der Waals surface area contributed by atoms with Crippen LogP contribution in [0.3, 0.4) is 0 Å². The summed E-state index contributed by atoms with van der Waals surface area (Å²) in [4.78, 5) is 3.00. The molecule has 1 aromatic rings. The lowest BCUT2D eigenvalue weighted by molar-refractivity contribution is 1.27. The Kier molecular flexibility index (Phi) is 5.71. The van der Waals surface area contributed by atoms with Gasteiger partial charge in [-0.1, -0.05) is 14.9 Å². The minimum atomic E-state index is 0. The smallest absolute Gasteiger partial charge is 0.0115 e. The largest absolute Gasteiger partial charge is 0.365 e. The Labute approximate surface area is 51.7 Å². The molecule has 0 aliphatic rings. The van der Waals surface area contributed by atoms with Crippen LogP contribution in [0.2, 0.25) is 0 Å². The average Bonchev–Trinajstić information content (AvgIpc) is 1.86. The molecule has 8 heavy (non-hydrogen) atoms. The fraction of sp³-hybridized carbons (Fsp3) is 0.429. The Morgan fingerprint density at radius 1 is 1.38 bits per heavy atom. The first-order valence-electron chi connectivity index (χ1n) is 1.99. The minimum Gasteiger partial charge on any atom is -0.365 e. The van der Waals surface area contributed by atoms with Crippen molar-refractivity contribution in [2.75, 3.05) is 0 Å². The van der Waals surface area contributed by atoms with Crippen molar-refractivity contribution >= 4 is 0 Å². The van der Waals surface area contributed by atoms with E-state index in [1.807, 2.05) is 25.3 Å². The lowest BCUT2D eigenvalue weighted by Crippen LogP contribution is -1.59. The number of aromatic amines is 1. The third-order valence-corrected chi connectivity index (χ3v) is 0.753. The Bertz CT molecular complexity index is 108. The number of aromatic nitrogens is 1. The molecular formula is C7H15N. The first-order valence-corrected chi connectivity index (χ1v) is 1.99. The molecule has 48 valence electrons. The van der Waals surface area contributed by atoms with Crippen LogP contribution in [0.5, 0.6) is 0 Å². The highest BCUT2D eigenvalue weighted by Crippen LogP contribution is 1.86. The van der Waals surface area contributed by atoms with E-state index in [1.54, 1.807) is 0 Å². The lowest BCUT2D eigenvalue weighted by Gasteiger charge is -1.70. The van der Waals surface area contributed by atoms with Gasteiger partial charge in [0.15, 0.2) is 0 Å². The maximum atomic E-state index is 3.00. The van der Waals surface area contributed by atoms with Crippen molar-refractivity contribution < 1.29 is 0 Å². The van der Waals surface area contributed by atoms with Gasteiger partial charge in [0.1, 0.15) is 0 Å². The maximum absolute atomic E-state index is 3.00. The number of nitrogens with one attached hydrogen (secondary N) is 1. The standard InChI is InChI=1S/C5H7N.2CH4/c1-5-3-2-4-6-5;;/h2-4,6H,1H3;2*1H4. The van der Waals surface area contributed by atoms with Gasteiger partial charge in [-0.3, -0.25) is 0 Å². The van der Waals surface area contributed by atoms with Crippen LogP contribution in [0.1, 0.15) is 20.5 Å². The van der Waals surface area contributed by atoms with Gasteiger partial charge in [-0.25, -0.2) is 0 Å². The number of H-pyrrole nitrogens is 1. The molecule has 0 spiro atoms. The quantitative estimate of drug-likeness (QED) is 0.532. The average molecular weight is 113 g/mol. The molecule has 0 saturated heterocycles. The molecule has 1 aromatic heterocycles. The van der Waals surface area contributed by atoms with E-state index in [9.17, 15) is 0 Å². The normalized spacial score (nSPS) is 6.62. The number of hydrogen-bond donors (Lipinski definition) is 1. The van der Waals surface area contributed by atoms with Gasteiger partial charge < -0.3 is 4.98 Å². The van der Waals surface area contributed by atoms with Crippen molar-refractivity contribution in [3.05, 3.63) is 24.0 Å². The molecular weight excluding hydrogens is 98.1 g/mol. The van der Waals surface area contributed by atoms with Crippen LogP contribution >= 0.6 is 0 Å². The fourth-order valence-corrected chi connectivity index (χ4v) is 0.420. The van der Waals surface area contributed by atoms with Crippen LogP contribution in [-0.4, -0.2) is 4.98 Å². The van der Waals surface area contributed by atoms with Crippen molar-refractivity contribution in [2.45, 2.75) is 21.8 Å². The van der Waals surface area contributed by atoms with E-state index in [0.29, 0.717) is 0 Å². The molecule has 1 nitrogen and oxygen atoms in total. The first kappa shape index (κ1) is 10.3. The zero-order chi connectivity index (χ0) is 4.41. The van der Waals surface area contributed by atoms with E-state index >= 15 is 0 Å².